The van der Waals surface area contributed by atoms with Crippen molar-refractivity contribution < 1.29 is 4.42 Å². The maximum atomic E-state index is 6.20. The molecule has 3 nitrogen and oxygen atoms in total. The summed E-state index contributed by atoms with van der Waals surface area (Å²) in [6.45, 7) is 7.94. The van der Waals surface area contributed by atoms with Gasteiger partial charge in [0.2, 0.25) is 0 Å². The maximum absolute atomic E-state index is 6.20. The van der Waals surface area contributed by atoms with Crippen LogP contribution >= 0.6 is 0 Å². The fourth-order valence-corrected chi connectivity index (χ4v) is 3.60. The second kappa shape index (κ2) is 5.90. The van der Waals surface area contributed by atoms with Crippen molar-refractivity contribution >= 4 is 0 Å². The third kappa shape index (κ3) is 2.79. The first-order valence-electron chi connectivity index (χ1n) is 8.21. The lowest BCUT2D eigenvalue weighted by Gasteiger charge is -2.23. The summed E-state index contributed by atoms with van der Waals surface area (Å²) in [4.78, 5) is 2.46. The van der Waals surface area contributed by atoms with Crippen LogP contribution in [0.3, 0.4) is 0 Å². The predicted octanol–water partition coefficient (Wildman–Crippen LogP) is 3.40. The average Bonchev–Trinajstić information content (AvgIpc) is 2.86. The molecule has 20 heavy (non-hydrogen) atoms. The molecule has 0 amide bonds. The summed E-state index contributed by atoms with van der Waals surface area (Å²) in [6, 6.07) is 4.90. The first-order valence-corrected chi connectivity index (χ1v) is 8.21. The zero-order valence-corrected chi connectivity index (χ0v) is 13.1. The number of likely N-dealkylation sites (tertiary alicyclic amines) is 1. The van der Waals surface area contributed by atoms with Gasteiger partial charge in [-0.3, -0.25) is 4.90 Å². The molecule has 3 heteroatoms. The molecule has 112 valence electrons. The molecule has 2 aliphatic rings. The second-order valence-corrected chi connectivity index (χ2v) is 6.74. The molecule has 2 fully saturated rings. The molecule has 4 atom stereocenters. The van der Waals surface area contributed by atoms with Crippen LogP contribution in [0.25, 0.3) is 0 Å². The van der Waals surface area contributed by atoms with Crippen LogP contribution < -0.4 is 5.32 Å². The summed E-state index contributed by atoms with van der Waals surface area (Å²) < 4.78 is 6.20. The number of nitrogens with zero attached hydrogens (tertiary/aromatic N) is 1. The number of hydrogen-bond donors (Lipinski definition) is 1. The minimum atomic E-state index is 0.460. The maximum Gasteiger partial charge on any atom is 0.121 e. The van der Waals surface area contributed by atoms with Crippen molar-refractivity contribution in [3.8, 4) is 0 Å². The van der Waals surface area contributed by atoms with E-state index in [9.17, 15) is 0 Å². The molecule has 4 unspecified atom stereocenters. The Morgan fingerprint density at radius 3 is 2.80 bits per heavy atom. The van der Waals surface area contributed by atoms with Crippen molar-refractivity contribution in [2.24, 2.45) is 11.8 Å². The number of rotatable bonds is 6. The topological polar surface area (TPSA) is 28.4 Å². The molecule has 1 saturated carbocycles. The van der Waals surface area contributed by atoms with E-state index in [4.69, 9.17) is 4.42 Å². The van der Waals surface area contributed by atoms with Crippen molar-refractivity contribution in [1.82, 2.24) is 10.2 Å². The van der Waals surface area contributed by atoms with Crippen molar-refractivity contribution in [3.63, 3.8) is 0 Å². The SMILES string of the molecule is CCCNCC1CCN(C)C1c1ccc(C2CC2C)o1. The molecule has 0 radical (unpaired) electrons. The van der Waals surface area contributed by atoms with Crippen LogP contribution in [-0.4, -0.2) is 31.6 Å². The van der Waals surface area contributed by atoms with Crippen LogP contribution in [0, 0.1) is 11.8 Å². The zero-order chi connectivity index (χ0) is 14.1. The summed E-state index contributed by atoms with van der Waals surface area (Å²) in [5.41, 5.74) is 0. The fraction of sp³-hybridized carbons (Fsp3) is 0.765. The van der Waals surface area contributed by atoms with Gasteiger partial charge < -0.3 is 9.73 Å². The van der Waals surface area contributed by atoms with Crippen molar-refractivity contribution in [3.05, 3.63) is 23.7 Å². The van der Waals surface area contributed by atoms with Crippen LogP contribution in [0.5, 0.6) is 0 Å². The van der Waals surface area contributed by atoms with Gasteiger partial charge in [0.25, 0.3) is 0 Å². The van der Waals surface area contributed by atoms with Gasteiger partial charge in [0.05, 0.1) is 6.04 Å². The molecule has 1 aliphatic carbocycles. The largest absolute Gasteiger partial charge is 0.464 e. The zero-order valence-electron chi connectivity index (χ0n) is 13.1. The molecular weight excluding hydrogens is 248 g/mol. The Hall–Kier alpha value is -0.800. The average molecular weight is 276 g/mol. The Morgan fingerprint density at radius 2 is 2.10 bits per heavy atom. The van der Waals surface area contributed by atoms with Crippen molar-refractivity contribution in [2.75, 3.05) is 26.7 Å². The molecule has 0 spiro atoms. The Morgan fingerprint density at radius 1 is 1.35 bits per heavy atom. The highest BCUT2D eigenvalue weighted by Gasteiger charge is 2.39. The molecule has 0 bridgehead atoms. The summed E-state index contributed by atoms with van der Waals surface area (Å²) in [7, 11) is 2.23. The molecule has 1 aliphatic heterocycles. The van der Waals surface area contributed by atoms with E-state index in [1.54, 1.807) is 0 Å². The normalized spacial score (nSPS) is 33.8. The van der Waals surface area contributed by atoms with Gasteiger partial charge >= 0.3 is 0 Å². The van der Waals surface area contributed by atoms with Gasteiger partial charge in [-0.15, -0.1) is 0 Å². The van der Waals surface area contributed by atoms with E-state index in [0.717, 1.165) is 19.0 Å². The van der Waals surface area contributed by atoms with Gasteiger partial charge in [0.15, 0.2) is 0 Å². The molecule has 0 aromatic carbocycles. The lowest BCUT2D eigenvalue weighted by atomic mass is 9.98. The molecule has 2 heterocycles. The summed E-state index contributed by atoms with van der Waals surface area (Å²) in [6.07, 6.45) is 3.78. The number of furan rings is 1. The quantitative estimate of drug-likeness (QED) is 0.807. The van der Waals surface area contributed by atoms with Crippen LogP contribution in [0.15, 0.2) is 16.5 Å². The van der Waals surface area contributed by atoms with E-state index >= 15 is 0 Å². The van der Waals surface area contributed by atoms with Crippen molar-refractivity contribution in [2.45, 2.75) is 45.1 Å². The smallest absolute Gasteiger partial charge is 0.121 e. The van der Waals surface area contributed by atoms with Gasteiger partial charge in [0.1, 0.15) is 11.5 Å². The summed E-state index contributed by atoms with van der Waals surface area (Å²) >= 11 is 0. The summed E-state index contributed by atoms with van der Waals surface area (Å²) in [5, 5.41) is 3.58. The highest BCUT2D eigenvalue weighted by Crippen LogP contribution is 2.48. The van der Waals surface area contributed by atoms with Crippen molar-refractivity contribution in [1.29, 1.82) is 0 Å². The van der Waals surface area contributed by atoms with Crippen LogP contribution in [0.2, 0.25) is 0 Å². The van der Waals surface area contributed by atoms with Gasteiger partial charge in [-0.05, 0) is 69.9 Å². The molecule has 1 aromatic heterocycles. The number of nitrogens with one attached hydrogen (secondary N) is 1. The van der Waals surface area contributed by atoms with E-state index in [1.165, 1.54) is 37.3 Å². The van der Waals surface area contributed by atoms with E-state index in [0.29, 0.717) is 17.9 Å². The fourth-order valence-electron chi connectivity index (χ4n) is 3.60. The van der Waals surface area contributed by atoms with E-state index in [-0.39, 0.29) is 0 Å². The monoisotopic (exact) mass is 276 g/mol. The van der Waals surface area contributed by atoms with Gasteiger partial charge in [-0.1, -0.05) is 13.8 Å². The molecule has 1 saturated heterocycles. The van der Waals surface area contributed by atoms with Gasteiger partial charge in [-0.2, -0.15) is 0 Å². The van der Waals surface area contributed by atoms with Gasteiger partial charge in [-0.25, -0.2) is 0 Å². The van der Waals surface area contributed by atoms with E-state index in [2.05, 4.69) is 43.2 Å². The Bertz CT molecular complexity index is 442. The van der Waals surface area contributed by atoms with E-state index in [1.807, 2.05) is 0 Å². The minimum absolute atomic E-state index is 0.460. The summed E-state index contributed by atoms with van der Waals surface area (Å²) in [5.74, 6) is 4.59. The van der Waals surface area contributed by atoms with Crippen LogP contribution in [0.4, 0.5) is 0 Å². The lowest BCUT2D eigenvalue weighted by molar-refractivity contribution is 0.231. The first-order chi connectivity index (χ1) is 9.70. The highest BCUT2D eigenvalue weighted by molar-refractivity contribution is 5.20. The standard InChI is InChI=1S/C17H28N2O/c1-4-8-18-11-13-7-9-19(3)17(13)16-6-5-15(20-16)14-10-12(14)2/h5-6,12-14,17-18H,4,7-11H2,1-3H3. The minimum Gasteiger partial charge on any atom is -0.464 e. The molecule has 1 N–H and O–H groups in total. The predicted molar refractivity (Wildman–Crippen MR) is 81.9 cm³/mol. The Labute approximate surface area is 122 Å². The van der Waals surface area contributed by atoms with Gasteiger partial charge in [0, 0.05) is 5.92 Å². The Kier molecular flexibility index (Phi) is 4.18. The van der Waals surface area contributed by atoms with Crippen LogP contribution in [-0.2, 0) is 0 Å². The first kappa shape index (κ1) is 14.2. The number of hydrogen-bond acceptors (Lipinski definition) is 3. The third-order valence-corrected chi connectivity index (χ3v) is 5.02. The molecule has 3 rings (SSSR count). The third-order valence-electron chi connectivity index (χ3n) is 5.02. The second-order valence-electron chi connectivity index (χ2n) is 6.74. The lowest BCUT2D eigenvalue weighted by Crippen LogP contribution is -2.28. The Balaban J connectivity index is 1.67. The van der Waals surface area contributed by atoms with Crippen LogP contribution in [0.1, 0.15) is 56.6 Å². The van der Waals surface area contributed by atoms with E-state index < -0.39 is 0 Å². The molecular formula is C17H28N2O. The molecule has 1 aromatic rings. The highest BCUT2D eigenvalue weighted by atomic mass is 16.3.